The Balaban J connectivity index is 1.83. The lowest BCUT2D eigenvalue weighted by molar-refractivity contribution is -0.120. The van der Waals surface area contributed by atoms with E-state index in [1.165, 1.54) is 29.2 Å². The second-order valence-electron chi connectivity index (χ2n) is 6.18. The largest absolute Gasteiger partial charge is 0.484 e. The fraction of sp³-hybridized carbons (Fsp3) is 0.200. The lowest BCUT2D eigenvalue weighted by Crippen LogP contribution is -2.22. The minimum atomic E-state index is -0.687. The van der Waals surface area contributed by atoms with Crippen molar-refractivity contribution in [3.05, 3.63) is 59.7 Å². The van der Waals surface area contributed by atoms with Gasteiger partial charge in [-0.2, -0.15) is 0 Å². The quantitative estimate of drug-likeness (QED) is 0.639. The van der Waals surface area contributed by atoms with Crippen molar-refractivity contribution >= 4 is 29.4 Å². The summed E-state index contributed by atoms with van der Waals surface area (Å²) in [6, 6.07) is 12.2. The molecule has 2 aromatic rings. The van der Waals surface area contributed by atoms with E-state index in [4.69, 9.17) is 15.2 Å². The maximum atomic E-state index is 12.0. The van der Waals surface area contributed by atoms with Crippen LogP contribution in [0, 0.1) is 0 Å². The van der Waals surface area contributed by atoms with Crippen LogP contribution in [-0.2, 0) is 14.3 Å². The van der Waals surface area contributed by atoms with Crippen molar-refractivity contribution in [1.82, 2.24) is 4.90 Å². The summed E-state index contributed by atoms with van der Waals surface area (Å²) in [5.41, 5.74) is 6.16. The molecule has 0 heterocycles. The number of primary amides is 1. The van der Waals surface area contributed by atoms with Gasteiger partial charge in [-0.3, -0.25) is 14.4 Å². The number of esters is 1. The number of anilines is 1. The SMILES string of the molecule is CN(C)C(=O)c1ccc(NC(=O)COC(=O)c2ccc(OCC(N)=O)cc2)cc1. The Morgan fingerprint density at radius 1 is 0.897 bits per heavy atom. The van der Waals surface area contributed by atoms with Crippen LogP contribution in [0.2, 0.25) is 0 Å². The Morgan fingerprint density at radius 2 is 1.48 bits per heavy atom. The first kappa shape index (κ1) is 21.4. The van der Waals surface area contributed by atoms with Crippen molar-refractivity contribution < 1.29 is 28.7 Å². The Morgan fingerprint density at radius 3 is 2.03 bits per heavy atom. The topological polar surface area (TPSA) is 128 Å². The standard InChI is InChI=1S/C20H21N3O6/c1-23(2)19(26)13-3-7-15(8-4-13)22-18(25)12-29-20(27)14-5-9-16(10-6-14)28-11-17(21)24/h3-10H,11-12H2,1-2H3,(H2,21,24)(H,22,25). The highest BCUT2D eigenvalue weighted by atomic mass is 16.5. The van der Waals surface area contributed by atoms with Gasteiger partial charge < -0.3 is 25.4 Å². The molecule has 152 valence electrons. The maximum absolute atomic E-state index is 12.0. The molecule has 0 bridgehead atoms. The Kier molecular flexibility index (Phi) is 7.30. The molecule has 2 rings (SSSR count). The highest BCUT2D eigenvalue weighted by Gasteiger charge is 2.12. The van der Waals surface area contributed by atoms with E-state index in [2.05, 4.69) is 5.32 Å². The zero-order valence-electron chi connectivity index (χ0n) is 16.0. The molecule has 0 radical (unpaired) electrons. The van der Waals surface area contributed by atoms with Gasteiger partial charge in [0.15, 0.2) is 13.2 Å². The summed E-state index contributed by atoms with van der Waals surface area (Å²) >= 11 is 0. The lowest BCUT2D eigenvalue weighted by Gasteiger charge is -2.11. The van der Waals surface area contributed by atoms with Gasteiger partial charge in [0.25, 0.3) is 17.7 Å². The third-order valence-corrected chi connectivity index (χ3v) is 3.63. The number of amides is 3. The third kappa shape index (κ3) is 6.65. The van der Waals surface area contributed by atoms with Gasteiger partial charge in [0, 0.05) is 25.3 Å². The van der Waals surface area contributed by atoms with Gasteiger partial charge in [-0.1, -0.05) is 0 Å². The van der Waals surface area contributed by atoms with Crippen molar-refractivity contribution in [1.29, 1.82) is 0 Å². The van der Waals surface area contributed by atoms with Crippen molar-refractivity contribution in [2.24, 2.45) is 5.73 Å². The van der Waals surface area contributed by atoms with Crippen LogP contribution in [0.3, 0.4) is 0 Å². The number of carbonyl (C=O) groups excluding carboxylic acids is 4. The second kappa shape index (κ2) is 9.88. The summed E-state index contributed by atoms with van der Waals surface area (Å²) in [7, 11) is 3.29. The van der Waals surface area contributed by atoms with Crippen LogP contribution in [0.1, 0.15) is 20.7 Å². The molecular formula is C20H21N3O6. The van der Waals surface area contributed by atoms with Crippen molar-refractivity contribution in [3.63, 3.8) is 0 Å². The van der Waals surface area contributed by atoms with Crippen molar-refractivity contribution in [2.75, 3.05) is 32.6 Å². The minimum absolute atomic E-state index is 0.150. The number of nitrogens with zero attached hydrogens (tertiary/aromatic N) is 1. The first-order valence-electron chi connectivity index (χ1n) is 8.56. The van der Waals surface area contributed by atoms with Gasteiger partial charge >= 0.3 is 5.97 Å². The van der Waals surface area contributed by atoms with Crippen LogP contribution >= 0.6 is 0 Å². The summed E-state index contributed by atoms with van der Waals surface area (Å²) in [5, 5.41) is 2.58. The van der Waals surface area contributed by atoms with E-state index >= 15 is 0 Å². The number of benzene rings is 2. The number of rotatable bonds is 8. The third-order valence-electron chi connectivity index (χ3n) is 3.63. The predicted molar refractivity (Wildman–Crippen MR) is 105 cm³/mol. The lowest BCUT2D eigenvalue weighted by atomic mass is 10.2. The molecule has 0 atom stereocenters. The molecule has 0 spiro atoms. The van der Waals surface area contributed by atoms with E-state index in [-0.39, 0.29) is 18.1 Å². The highest BCUT2D eigenvalue weighted by molar-refractivity contribution is 5.97. The minimum Gasteiger partial charge on any atom is -0.484 e. The van der Waals surface area contributed by atoms with Gasteiger partial charge in [-0.05, 0) is 48.5 Å². The second-order valence-corrected chi connectivity index (χ2v) is 6.18. The number of ether oxygens (including phenoxy) is 2. The van der Waals surface area contributed by atoms with Crippen LogP contribution in [-0.4, -0.2) is 55.9 Å². The Hall–Kier alpha value is -3.88. The van der Waals surface area contributed by atoms with Crippen molar-refractivity contribution in [3.8, 4) is 5.75 Å². The van der Waals surface area contributed by atoms with Gasteiger partial charge in [0.1, 0.15) is 5.75 Å². The molecule has 3 N–H and O–H groups in total. The van der Waals surface area contributed by atoms with Crippen molar-refractivity contribution in [2.45, 2.75) is 0 Å². The average molecular weight is 399 g/mol. The van der Waals surface area contributed by atoms with Gasteiger partial charge in [-0.25, -0.2) is 4.79 Å². The smallest absolute Gasteiger partial charge is 0.338 e. The first-order valence-corrected chi connectivity index (χ1v) is 8.56. The molecule has 0 aliphatic carbocycles. The van der Waals surface area contributed by atoms with E-state index in [1.54, 1.807) is 38.4 Å². The fourth-order valence-corrected chi connectivity index (χ4v) is 2.21. The molecule has 0 aliphatic heterocycles. The van der Waals surface area contributed by atoms with Crippen LogP contribution < -0.4 is 15.8 Å². The van der Waals surface area contributed by atoms with E-state index in [9.17, 15) is 19.2 Å². The van der Waals surface area contributed by atoms with E-state index in [0.29, 0.717) is 17.0 Å². The summed E-state index contributed by atoms with van der Waals surface area (Å²) < 4.78 is 10.1. The van der Waals surface area contributed by atoms with Crippen LogP contribution in [0.15, 0.2) is 48.5 Å². The maximum Gasteiger partial charge on any atom is 0.338 e. The molecule has 2 aromatic carbocycles. The predicted octanol–water partition coefficient (Wildman–Crippen LogP) is 1.05. The molecule has 3 amide bonds. The van der Waals surface area contributed by atoms with Gasteiger partial charge in [-0.15, -0.1) is 0 Å². The Bertz CT molecular complexity index is 891. The molecule has 9 heteroatoms. The number of nitrogens with one attached hydrogen (secondary N) is 1. The van der Waals surface area contributed by atoms with Crippen LogP contribution in [0.25, 0.3) is 0 Å². The van der Waals surface area contributed by atoms with E-state index in [1.807, 2.05) is 0 Å². The average Bonchev–Trinajstić information content (AvgIpc) is 2.70. The first-order chi connectivity index (χ1) is 13.8. The van der Waals surface area contributed by atoms with E-state index in [0.717, 1.165) is 0 Å². The number of nitrogens with two attached hydrogens (primary N) is 1. The molecule has 29 heavy (non-hydrogen) atoms. The number of hydrogen-bond donors (Lipinski definition) is 2. The monoisotopic (exact) mass is 399 g/mol. The normalized spacial score (nSPS) is 10.0. The van der Waals surface area contributed by atoms with Crippen LogP contribution in [0.4, 0.5) is 5.69 Å². The highest BCUT2D eigenvalue weighted by Crippen LogP contribution is 2.13. The summed E-state index contributed by atoms with van der Waals surface area (Å²) in [5.74, 6) is -1.60. The molecule has 9 nitrogen and oxygen atoms in total. The molecule has 0 saturated heterocycles. The van der Waals surface area contributed by atoms with Gasteiger partial charge in [0.2, 0.25) is 0 Å². The number of carbonyl (C=O) groups is 4. The van der Waals surface area contributed by atoms with Crippen LogP contribution in [0.5, 0.6) is 5.75 Å². The Labute approximate surface area is 167 Å². The van der Waals surface area contributed by atoms with Gasteiger partial charge in [0.05, 0.1) is 5.56 Å². The molecule has 0 unspecified atom stereocenters. The molecule has 0 aliphatic rings. The summed E-state index contributed by atoms with van der Waals surface area (Å²) in [4.78, 5) is 47.9. The summed E-state index contributed by atoms with van der Waals surface area (Å²) in [6.07, 6.45) is 0. The molecule has 0 aromatic heterocycles. The summed E-state index contributed by atoms with van der Waals surface area (Å²) in [6.45, 7) is -0.745. The fourth-order valence-electron chi connectivity index (χ4n) is 2.21. The van der Waals surface area contributed by atoms with E-state index < -0.39 is 24.4 Å². The molecular weight excluding hydrogens is 378 g/mol. The molecule has 0 fully saturated rings. The number of hydrogen-bond acceptors (Lipinski definition) is 6. The zero-order valence-corrected chi connectivity index (χ0v) is 16.0. The molecule has 0 saturated carbocycles. The zero-order chi connectivity index (χ0) is 21.4.